The lowest BCUT2D eigenvalue weighted by Gasteiger charge is -2.17. The Morgan fingerprint density at radius 1 is 1.35 bits per heavy atom. The first kappa shape index (κ1) is 11.5. The fourth-order valence-corrected chi connectivity index (χ4v) is 1.73. The molecule has 88 valence electrons. The third kappa shape index (κ3) is 2.11. The number of carboxylic acids is 1. The second-order valence-corrected chi connectivity index (χ2v) is 3.75. The van der Waals surface area contributed by atoms with Crippen LogP contribution in [0.1, 0.15) is 11.7 Å². The predicted molar refractivity (Wildman–Crippen MR) is 62.3 cm³/mol. The van der Waals surface area contributed by atoms with Gasteiger partial charge in [0.1, 0.15) is 12.1 Å². The highest BCUT2D eigenvalue weighted by Gasteiger charge is 2.24. The molecule has 0 aliphatic heterocycles. The van der Waals surface area contributed by atoms with E-state index in [4.69, 9.17) is 10.8 Å². The summed E-state index contributed by atoms with van der Waals surface area (Å²) < 4.78 is 0. The van der Waals surface area contributed by atoms with Gasteiger partial charge in [-0.15, -0.1) is 0 Å². The average Bonchev–Trinajstić information content (AvgIpc) is 2.36. The maximum atomic E-state index is 10.8. The van der Waals surface area contributed by atoms with Crippen LogP contribution in [0.2, 0.25) is 0 Å². The minimum Gasteiger partial charge on any atom is -0.480 e. The Labute approximate surface area is 97.5 Å². The quantitative estimate of drug-likeness (QED) is 0.723. The predicted octanol–water partition coefficient (Wildman–Crippen LogP) is 0.680. The number of carboxylic acid groups (broad SMARTS) is 1. The van der Waals surface area contributed by atoms with Crippen LogP contribution >= 0.6 is 0 Å². The number of aliphatic hydroxyl groups is 1. The van der Waals surface area contributed by atoms with Crippen molar-refractivity contribution >= 4 is 16.7 Å². The molecule has 2 unspecified atom stereocenters. The summed E-state index contributed by atoms with van der Waals surface area (Å²) in [5.41, 5.74) is 5.92. The van der Waals surface area contributed by atoms with Crippen molar-refractivity contribution in [2.45, 2.75) is 12.1 Å². The van der Waals surface area contributed by atoms with Gasteiger partial charge in [-0.25, -0.2) is 0 Å². The Balaban J connectivity index is 2.52. The van der Waals surface area contributed by atoms with Gasteiger partial charge >= 0.3 is 5.97 Å². The number of nitrogens with zero attached hydrogens (tertiary/aromatic N) is 1. The van der Waals surface area contributed by atoms with Crippen LogP contribution in [0.5, 0.6) is 0 Å². The normalized spacial score (nSPS) is 14.5. The molecule has 0 radical (unpaired) electrons. The standard InChI is InChI=1S/C12H12N2O3/c13-10(12(16)17)11(15)9-3-1-2-7-6-14-5-4-8(7)9/h1-6,10-11,15H,13H2,(H,16,17). The molecule has 0 amide bonds. The zero-order valence-corrected chi connectivity index (χ0v) is 8.95. The van der Waals surface area contributed by atoms with E-state index in [-0.39, 0.29) is 0 Å². The van der Waals surface area contributed by atoms with Crippen molar-refractivity contribution in [3.8, 4) is 0 Å². The van der Waals surface area contributed by atoms with E-state index in [9.17, 15) is 9.90 Å². The molecule has 0 saturated heterocycles. The lowest BCUT2D eigenvalue weighted by atomic mass is 9.97. The molecular weight excluding hydrogens is 220 g/mol. The maximum Gasteiger partial charge on any atom is 0.323 e. The molecule has 2 atom stereocenters. The molecule has 0 bridgehead atoms. The second kappa shape index (κ2) is 4.48. The summed E-state index contributed by atoms with van der Waals surface area (Å²) in [5, 5.41) is 20.3. The number of aliphatic hydroxyl groups excluding tert-OH is 1. The molecule has 2 aromatic rings. The van der Waals surface area contributed by atoms with E-state index in [0.717, 1.165) is 10.8 Å². The van der Waals surface area contributed by atoms with Gasteiger partial charge in [0.05, 0.1) is 0 Å². The SMILES string of the molecule is NC(C(=O)O)C(O)c1cccc2cnccc12. The molecule has 1 aromatic carbocycles. The van der Waals surface area contributed by atoms with Gasteiger partial charge in [-0.05, 0) is 17.0 Å². The summed E-state index contributed by atoms with van der Waals surface area (Å²) in [7, 11) is 0. The molecule has 0 aliphatic rings. The number of rotatable bonds is 3. The molecule has 1 aromatic heterocycles. The number of pyridine rings is 1. The fraction of sp³-hybridized carbons (Fsp3) is 0.167. The number of carbonyl (C=O) groups is 1. The van der Waals surface area contributed by atoms with Gasteiger partial charge in [0.2, 0.25) is 0 Å². The van der Waals surface area contributed by atoms with Crippen molar-refractivity contribution in [3.63, 3.8) is 0 Å². The van der Waals surface area contributed by atoms with Gasteiger partial charge in [0, 0.05) is 17.8 Å². The zero-order valence-electron chi connectivity index (χ0n) is 8.95. The second-order valence-electron chi connectivity index (χ2n) is 3.75. The molecule has 4 N–H and O–H groups in total. The fourth-order valence-electron chi connectivity index (χ4n) is 1.73. The number of nitrogens with two attached hydrogens (primary N) is 1. The molecule has 1 heterocycles. The van der Waals surface area contributed by atoms with E-state index in [1.807, 2.05) is 6.07 Å². The van der Waals surface area contributed by atoms with Crippen LogP contribution in [0, 0.1) is 0 Å². The van der Waals surface area contributed by atoms with Gasteiger partial charge < -0.3 is 15.9 Å². The summed E-state index contributed by atoms with van der Waals surface area (Å²) in [4.78, 5) is 14.7. The first-order valence-corrected chi connectivity index (χ1v) is 5.10. The third-order valence-electron chi connectivity index (χ3n) is 2.66. The number of hydrogen-bond acceptors (Lipinski definition) is 4. The van der Waals surface area contributed by atoms with Crippen molar-refractivity contribution in [2.24, 2.45) is 5.73 Å². The van der Waals surface area contributed by atoms with E-state index in [2.05, 4.69) is 4.98 Å². The number of aromatic nitrogens is 1. The highest BCUT2D eigenvalue weighted by Crippen LogP contribution is 2.25. The largest absolute Gasteiger partial charge is 0.480 e. The van der Waals surface area contributed by atoms with E-state index in [1.54, 1.807) is 30.6 Å². The monoisotopic (exact) mass is 232 g/mol. The summed E-state index contributed by atoms with van der Waals surface area (Å²) in [5.74, 6) is -1.23. The molecule has 5 nitrogen and oxygen atoms in total. The summed E-state index contributed by atoms with van der Waals surface area (Å²) >= 11 is 0. The van der Waals surface area contributed by atoms with Crippen LogP contribution in [0.4, 0.5) is 0 Å². The topological polar surface area (TPSA) is 96.4 Å². The van der Waals surface area contributed by atoms with Crippen LogP contribution < -0.4 is 5.73 Å². The third-order valence-corrected chi connectivity index (χ3v) is 2.66. The molecule has 0 spiro atoms. The van der Waals surface area contributed by atoms with Gasteiger partial charge in [-0.2, -0.15) is 0 Å². The summed E-state index contributed by atoms with van der Waals surface area (Å²) in [6, 6.07) is 5.62. The van der Waals surface area contributed by atoms with Crippen LogP contribution in [-0.2, 0) is 4.79 Å². The van der Waals surface area contributed by atoms with Crippen molar-refractivity contribution in [1.29, 1.82) is 0 Å². The van der Waals surface area contributed by atoms with Crippen molar-refractivity contribution in [2.75, 3.05) is 0 Å². The van der Waals surface area contributed by atoms with E-state index >= 15 is 0 Å². The Morgan fingerprint density at radius 3 is 2.82 bits per heavy atom. The van der Waals surface area contributed by atoms with E-state index < -0.39 is 18.1 Å². The van der Waals surface area contributed by atoms with Crippen LogP contribution in [0.25, 0.3) is 10.8 Å². The molecule has 5 heteroatoms. The van der Waals surface area contributed by atoms with Crippen molar-refractivity contribution in [3.05, 3.63) is 42.2 Å². The Bertz CT molecular complexity index is 551. The Morgan fingerprint density at radius 2 is 2.12 bits per heavy atom. The van der Waals surface area contributed by atoms with Gasteiger partial charge in [0.25, 0.3) is 0 Å². The average molecular weight is 232 g/mol. The van der Waals surface area contributed by atoms with Crippen LogP contribution in [0.15, 0.2) is 36.7 Å². The van der Waals surface area contributed by atoms with Crippen molar-refractivity contribution < 1.29 is 15.0 Å². The number of fused-ring (bicyclic) bond motifs is 1. The number of benzene rings is 1. The smallest absolute Gasteiger partial charge is 0.323 e. The molecule has 0 fully saturated rings. The highest BCUT2D eigenvalue weighted by atomic mass is 16.4. The molecular formula is C12H12N2O3. The van der Waals surface area contributed by atoms with E-state index in [1.165, 1.54) is 0 Å². The van der Waals surface area contributed by atoms with Gasteiger partial charge in [-0.1, -0.05) is 18.2 Å². The van der Waals surface area contributed by atoms with Gasteiger partial charge in [0.15, 0.2) is 0 Å². The molecule has 0 saturated carbocycles. The lowest BCUT2D eigenvalue weighted by Crippen LogP contribution is -2.36. The van der Waals surface area contributed by atoms with E-state index in [0.29, 0.717) is 5.56 Å². The summed E-state index contributed by atoms with van der Waals surface area (Å²) in [6.45, 7) is 0. The lowest BCUT2D eigenvalue weighted by molar-refractivity contribution is -0.141. The first-order valence-electron chi connectivity index (χ1n) is 5.10. The Kier molecular flexibility index (Phi) is 3.03. The number of hydrogen-bond donors (Lipinski definition) is 3. The van der Waals surface area contributed by atoms with Crippen LogP contribution in [0.3, 0.4) is 0 Å². The molecule has 17 heavy (non-hydrogen) atoms. The maximum absolute atomic E-state index is 10.8. The highest BCUT2D eigenvalue weighted by molar-refractivity contribution is 5.86. The minimum absolute atomic E-state index is 0.500. The van der Waals surface area contributed by atoms with Crippen molar-refractivity contribution in [1.82, 2.24) is 4.98 Å². The Hall–Kier alpha value is -1.98. The van der Waals surface area contributed by atoms with Gasteiger partial charge in [-0.3, -0.25) is 9.78 Å². The molecule has 2 rings (SSSR count). The molecule has 0 aliphatic carbocycles. The van der Waals surface area contributed by atoms with Crippen LogP contribution in [-0.4, -0.2) is 27.2 Å². The minimum atomic E-state index is -1.34. The zero-order chi connectivity index (χ0) is 12.4. The number of aliphatic carboxylic acids is 1. The summed E-state index contributed by atoms with van der Waals surface area (Å²) in [6.07, 6.45) is 2.00. The first-order chi connectivity index (χ1) is 8.11.